The summed E-state index contributed by atoms with van der Waals surface area (Å²) in [6.07, 6.45) is 6.60. The molecule has 3 aliphatic heterocycles. The van der Waals surface area contributed by atoms with Gasteiger partial charge in [-0.1, -0.05) is 0 Å². The molecule has 154 valence electrons. The van der Waals surface area contributed by atoms with E-state index in [4.69, 9.17) is 4.74 Å². The number of ether oxygens (including phenoxy) is 1. The molecule has 1 amide bonds. The number of rotatable bonds is 4. The lowest BCUT2D eigenvalue weighted by Gasteiger charge is -2.28. The number of allylic oxidation sites excluding steroid dienone is 2. The summed E-state index contributed by atoms with van der Waals surface area (Å²) in [5, 5.41) is 3.22. The molecule has 3 aliphatic rings. The third kappa shape index (κ3) is 3.99. The van der Waals surface area contributed by atoms with Crippen LogP contribution >= 0.6 is 23.1 Å². The SMILES string of the molecule is CCOC(=O)c1c(NC(=O)C2=CC=CN3CCS(=O)(=O)N=C23)sc2c1CCCS2. The number of fused-ring (bicyclic) bond motifs is 2. The van der Waals surface area contributed by atoms with Crippen LogP contribution in [-0.4, -0.2) is 55.7 Å². The van der Waals surface area contributed by atoms with Gasteiger partial charge in [-0.3, -0.25) is 4.79 Å². The molecule has 0 atom stereocenters. The van der Waals surface area contributed by atoms with Crippen molar-refractivity contribution in [1.29, 1.82) is 0 Å². The molecule has 0 bridgehead atoms. The van der Waals surface area contributed by atoms with Crippen LogP contribution in [0.25, 0.3) is 0 Å². The number of thioether (sulfide) groups is 1. The molecular weight excluding hydrogens is 434 g/mol. The van der Waals surface area contributed by atoms with Gasteiger partial charge in [0.1, 0.15) is 5.00 Å². The van der Waals surface area contributed by atoms with Crippen molar-refractivity contribution < 1.29 is 22.7 Å². The van der Waals surface area contributed by atoms with Crippen molar-refractivity contribution in [3.05, 3.63) is 35.1 Å². The van der Waals surface area contributed by atoms with Gasteiger partial charge in [0.2, 0.25) is 0 Å². The fourth-order valence-electron chi connectivity index (χ4n) is 3.27. The van der Waals surface area contributed by atoms with Gasteiger partial charge in [0, 0.05) is 12.7 Å². The van der Waals surface area contributed by atoms with Crippen molar-refractivity contribution in [2.75, 3.05) is 30.0 Å². The molecule has 0 saturated heterocycles. The van der Waals surface area contributed by atoms with Crippen molar-refractivity contribution >= 4 is 55.8 Å². The minimum absolute atomic E-state index is 0.0996. The monoisotopic (exact) mass is 453 g/mol. The number of esters is 1. The van der Waals surface area contributed by atoms with E-state index in [0.29, 0.717) is 10.6 Å². The van der Waals surface area contributed by atoms with Gasteiger partial charge in [-0.25, -0.2) is 13.2 Å². The smallest absolute Gasteiger partial charge is 0.341 e. The van der Waals surface area contributed by atoms with Crippen LogP contribution < -0.4 is 5.32 Å². The second kappa shape index (κ2) is 7.96. The normalized spacial score (nSPS) is 19.6. The summed E-state index contributed by atoms with van der Waals surface area (Å²) in [7, 11) is -3.61. The zero-order chi connectivity index (χ0) is 20.6. The van der Waals surface area contributed by atoms with E-state index in [0.717, 1.165) is 28.4 Å². The first-order chi connectivity index (χ1) is 13.9. The van der Waals surface area contributed by atoms with Crippen molar-refractivity contribution in [1.82, 2.24) is 4.90 Å². The Morgan fingerprint density at radius 1 is 1.38 bits per heavy atom. The van der Waals surface area contributed by atoms with Crippen molar-refractivity contribution in [2.24, 2.45) is 4.40 Å². The maximum Gasteiger partial charge on any atom is 0.341 e. The number of nitrogens with zero attached hydrogens (tertiary/aromatic N) is 2. The van der Waals surface area contributed by atoms with E-state index < -0.39 is 21.9 Å². The highest BCUT2D eigenvalue weighted by molar-refractivity contribution is 8.01. The first-order valence-electron chi connectivity index (χ1n) is 9.14. The average Bonchev–Trinajstić information content (AvgIpc) is 3.04. The Bertz CT molecular complexity index is 1070. The highest BCUT2D eigenvalue weighted by Gasteiger charge is 2.32. The highest BCUT2D eigenvalue weighted by Crippen LogP contribution is 2.44. The van der Waals surface area contributed by atoms with Crippen LogP contribution in [0.1, 0.15) is 29.3 Å². The predicted molar refractivity (Wildman–Crippen MR) is 113 cm³/mol. The molecule has 1 aromatic heterocycles. The number of amidine groups is 1. The molecule has 1 N–H and O–H groups in total. The number of thiophene rings is 1. The molecule has 4 rings (SSSR count). The highest BCUT2D eigenvalue weighted by atomic mass is 32.2. The van der Waals surface area contributed by atoms with E-state index in [1.165, 1.54) is 17.4 Å². The summed E-state index contributed by atoms with van der Waals surface area (Å²) in [5.74, 6) is -0.00566. The van der Waals surface area contributed by atoms with E-state index >= 15 is 0 Å². The van der Waals surface area contributed by atoms with Gasteiger partial charge < -0.3 is 15.0 Å². The summed E-state index contributed by atoms with van der Waals surface area (Å²) < 4.78 is 33.8. The van der Waals surface area contributed by atoms with E-state index in [-0.39, 0.29) is 30.3 Å². The van der Waals surface area contributed by atoms with Crippen molar-refractivity contribution in [3.8, 4) is 0 Å². The number of anilines is 1. The lowest BCUT2D eigenvalue weighted by Crippen LogP contribution is -2.40. The van der Waals surface area contributed by atoms with Gasteiger partial charge in [0.25, 0.3) is 15.9 Å². The topological polar surface area (TPSA) is 105 Å². The summed E-state index contributed by atoms with van der Waals surface area (Å²) in [6, 6.07) is 0. The summed E-state index contributed by atoms with van der Waals surface area (Å²) in [5.41, 5.74) is 1.45. The van der Waals surface area contributed by atoms with Crippen LogP contribution in [0.5, 0.6) is 0 Å². The number of hydrogen-bond donors (Lipinski definition) is 1. The fraction of sp³-hybridized carbons (Fsp3) is 0.389. The third-order valence-corrected chi connectivity index (χ3v) is 8.28. The van der Waals surface area contributed by atoms with Crippen LogP contribution in [0.15, 0.2) is 32.5 Å². The first kappa shape index (κ1) is 20.2. The minimum Gasteiger partial charge on any atom is -0.462 e. The number of amides is 1. The quantitative estimate of drug-likeness (QED) is 0.698. The first-order valence-corrected chi connectivity index (χ1v) is 12.6. The number of nitrogens with one attached hydrogen (secondary N) is 1. The molecule has 0 fully saturated rings. The van der Waals surface area contributed by atoms with Crippen LogP contribution in [0.2, 0.25) is 0 Å². The van der Waals surface area contributed by atoms with Gasteiger partial charge in [0.05, 0.1) is 27.7 Å². The van der Waals surface area contributed by atoms with Crippen LogP contribution in [0.4, 0.5) is 5.00 Å². The Kier molecular flexibility index (Phi) is 5.54. The molecule has 0 radical (unpaired) electrons. The second-order valence-electron chi connectivity index (χ2n) is 6.51. The number of carbonyl (C=O) groups is 2. The molecule has 1 aromatic rings. The van der Waals surface area contributed by atoms with Gasteiger partial charge >= 0.3 is 5.97 Å². The molecular formula is C18H19N3O5S3. The number of carbonyl (C=O) groups excluding carboxylic acids is 2. The number of hydrogen-bond acceptors (Lipinski definition) is 8. The molecule has 0 aliphatic carbocycles. The van der Waals surface area contributed by atoms with Gasteiger partial charge in [-0.05, 0) is 43.2 Å². The molecule has 8 nitrogen and oxygen atoms in total. The second-order valence-corrected chi connectivity index (χ2v) is 10.7. The zero-order valence-electron chi connectivity index (χ0n) is 15.6. The Balaban J connectivity index is 1.67. The van der Waals surface area contributed by atoms with Crippen LogP contribution in [0.3, 0.4) is 0 Å². The lowest BCUT2D eigenvalue weighted by molar-refractivity contribution is -0.112. The molecule has 0 saturated carbocycles. The largest absolute Gasteiger partial charge is 0.462 e. The predicted octanol–water partition coefficient (Wildman–Crippen LogP) is 2.40. The minimum atomic E-state index is -3.61. The molecule has 4 heterocycles. The van der Waals surface area contributed by atoms with Gasteiger partial charge in [-0.15, -0.1) is 27.5 Å². The maximum atomic E-state index is 13.0. The van der Waals surface area contributed by atoms with E-state index in [2.05, 4.69) is 9.71 Å². The molecule has 11 heteroatoms. The summed E-state index contributed by atoms with van der Waals surface area (Å²) >= 11 is 3.01. The van der Waals surface area contributed by atoms with E-state index in [9.17, 15) is 18.0 Å². The Labute approximate surface area is 176 Å². The number of sulfonamides is 1. The standard InChI is InChI=1S/C18H19N3O5S3/c1-2-26-17(23)13-11-6-4-9-27-18(11)28-16(13)19-15(22)12-5-3-7-21-8-10-29(24,25)20-14(12)21/h3,5,7H,2,4,6,8-10H2,1H3,(H,19,22). The van der Waals surface area contributed by atoms with Crippen LogP contribution in [0, 0.1) is 0 Å². The molecule has 0 spiro atoms. The lowest BCUT2D eigenvalue weighted by atomic mass is 10.1. The molecule has 0 unspecified atom stereocenters. The fourth-order valence-corrected chi connectivity index (χ4v) is 6.81. The Morgan fingerprint density at radius 2 is 2.21 bits per heavy atom. The summed E-state index contributed by atoms with van der Waals surface area (Å²) in [6.45, 7) is 2.21. The Hall–Kier alpha value is -2.11. The van der Waals surface area contributed by atoms with E-state index in [1.807, 2.05) is 0 Å². The van der Waals surface area contributed by atoms with Gasteiger partial charge in [-0.2, -0.15) is 0 Å². The maximum absolute atomic E-state index is 13.0. The van der Waals surface area contributed by atoms with Crippen molar-refractivity contribution in [3.63, 3.8) is 0 Å². The third-order valence-electron chi connectivity index (χ3n) is 4.58. The average molecular weight is 454 g/mol. The van der Waals surface area contributed by atoms with Crippen LogP contribution in [-0.2, 0) is 26.0 Å². The van der Waals surface area contributed by atoms with Crippen molar-refractivity contribution in [2.45, 2.75) is 24.0 Å². The molecule has 0 aromatic carbocycles. The Morgan fingerprint density at radius 3 is 3.00 bits per heavy atom. The van der Waals surface area contributed by atoms with Gasteiger partial charge in [0.15, 0.2) is 5.84 Å². The molecule has 29 heavy (non-hydrogen) atoms. The van der Waals surface area contributed by atoms with E-state index in [1.54, 1.807) is 35.9 Å². The summed E-state index contributed by atoms with van der Waals surface area (Å²) in [4.78, 5) is 27.2. The zero-order valence-corrected chi connectivity index (χ0v) is 18.1.